The Balaban J connectivity index is 2.19. The predicted octanol–water partition coefficient (Wildman–Crippen LogP) is 1.84. The summed E-state index contributed by atoms with van der Waals surface area (Å²) in [6.45, 7) is 5.51. The van der Waals surface area contributed by atoms with Crippen LogP contribution >= 0.6 is 0 Å². The number of rotatable bonds is 3. The minimum Gasteiger partial charge on any atom is -0.493 e. The van der Waals surface area contributed by atoms with E-state index in [1.165, 1.54) is 11.1 Å². The highest BCUT2D eigenvalue weighted by atomic mass is 16.5. The molecule has 0 radical (unpaired) electrons. The van der Waals surface area contributed by atoms with Gasteiger partial charge < -0.3 is 19.9 Å². The standard InChI is InChI=1S/C15H21NO3/c1-15(2,16)8-11-9-4-6-19-14(9)13(17-3)10-5-7-18-12(10)11/h4-8,16H2,1-3H3. The van der Waals surface area contributed by atoms with Crippen molar-refractivity contribution in [2.45, 2.75) is 38.6 Å². The molecule has 2 aliphatic heterocycles. The van der Waals surface area contributed by atoms with Gasteiger partial charge in [-0.25, -0.2) is 0 Å². The first kappa shape index (κ1) is 12.6. The second-order valence-electron chi connectivity index (χ2n) is 5.99. The topological polar surface area (TPSA) is 53.7 Å². The monoisotopic (exact) mass is 263 g/mol. The third-order valence-electron chi connectivity index (χ3n) is 3.70. The van der Waals surface area contributed by atoms with Gasteiger partial charge in [-0.1, -0.05) is 0 Å². The molecular formula is C15H21NO3. The van der Waals surface area contributed by atoms with Crippen LogP contribution in [-0.4, -0.2) is 25.9 Å². The van der Waals surface area contributed by atoms with Gasteiger partial charge in [0.25, 0.3) is 0 Å². The fourth-order valence-electron chi connectivity index (χ4n) is 3.02. The lowest BCUT2D eigenvalue weighted by atomic mass is 9.89. The maximum atomic E-state index is 6.20. The van der Waals surface area contributed by atoms with Gasteiger partial charge in [-0.2, -0.15) is 0 Å². The van der Waals surface area contributed by atoms with E-state index in [-0.39, 0.29) is 5.54 Å². The van der Waals surface area contributed by atoms with Gasteiger partial charge in [0.2, 0.25) is 0 Å². The van der Waals surface area contributed by atoms with Gasteiger partial charge in [0.1, 0.15) is 5.75 Å². The summed E-state index contributed by atoms with van der Waals surface area (Å²) in [5, 5.41) is 0. The van der Waals surface area contributed by atoms with Gasteiger partial charge in [0, 0.05) is 35.1 Å². The summed E-state index contributed by atoms with van der Waals surface area (Å²) in [7, 11) is 1.70. The predicted molar refractivity (Wildman–Crippen MR) is 73.4 cm³/mol. The van der Waals surface area contributed by atoms with Gasteiger partial charge in [-0.15, -0.1) is 0 Å². The van der Waals surface area contributed by atoms with Crippen LogP contribution in [0.3, 0.4) is 0 Å². The van der Waals surface area contributed by atoms with Crippen molar-refractivity contribution in [1.82, 2.24) is 0 Å². The van der Waals surface area contributed by atoms with E-state index in [0.717, 1.165) is 42.1 Å². The van der Waals surface area contributed by atoms with E-state index < -0.39 is 0 Å². The molecule has 0 fully saturated rings. The molecule has 0 aliphatic carbocycles. The molecule has 0 spiro atoms. The third kappa shape index (κ3) is 2.04. The molecule has 2 aliphatic rings. The summed E-state index contributed by atoms with van der Waals surface area (Å²) >= 11 is 0. The maximum Gasteiger partial charge on any atom is 0.168 e. The number of ether oxygens (including phenoxy) is 3. The number of nitrogens with two attached hydrogens (primary N) is 1. The number of hydrogen-bond donors (Lipinski definition) is 1. The maximum absolute atomic E-state index is 6.20. The molecule has 0 saturated carbocycles. The van der Waals surface area contributed by atoms with Crippen LogP contribution in [0.1, 0.15) is 30.5 Å². The van der Waals surface area contributed by atoms with Crippen LogP contribution in [0.2, 0.25) is 0 Å². The highest BCUT2D eigenvalue weighted by molar-refractivity contribution is 5.65. The minimum absolute atomic E-state index is 0.259. The number of fused-ring (bicyclic) bond motifs is 2. The molecule has 2 heterocycles. The number of hydrogen-bond acceptors (Lipinski definition) is 4. The molecule has 19 heavy (non-hydrogen) atoms. The van der Waals surface area contributed by atoms with Crippen LogP contribution < -0.4 is 19.9 Å². The molecule has 0 aromatic heterocycles. The number of benzene rings is 1. The van der Waals surface area contributed by atoms with Gasteiger partial charge in [0.15, 0.2) is 11.5 Å². The molecule has 4 nitrogen and oxygen atoms in total. The molecule has 3 rings (SSSR count). The van der Waals surface area contributed by atoms with E-state index in [4.69, 9.17) is 19.9 Å². The zero-order valence-corrected chi connectivity index (χ0v) is 11.8. The average molecular weight is 263 g/mol. The second kappa shape index (κ2) is 4.30. The summed E-state index contributed by atoms with van der Waals surface area (Å²) in [6, 6.07) is 0. The Kier molecular flexibility index (Phi) is 2.86. The van der Waals surface area contributed by atoms with Crippen LogP contribution in [0.15, 0.2) is 0 Å². The van der Waals surface area contributed by atoms with Crippen LogP contribution in [0.4, 0.5) is 0 Å². The van der Waals surface area contributed by atoms with E-state index in [0.29, 0.717) is 13.2 Å². The van der Waals surface area contributed by atoms with E-state index in [9.17, 15) is 0 Å². The Morgan fingerprint density at radius 3 is 2.37 bits per heavy atom. The summed E-state index contributed by atoms with van der Waals surface area (Å²) < 4.78 is 17.2. The average Bonchev–Trinajstić information content (AvgIpc) is 2.94. The second-order valence-corrected chi connectivity index (χ2v) is 5.99. The lowest BCUT2D eigenvalue weighted by molar-refractivity contribution is 0.324. The van der Waals surface area contributed by atoms with Gasteiger partial charge in [0.05, 0.1) is 20.3 Å². The fourth-order valence-corrected chi connectivity index (χ4v) is 3.02. The van der Waals surface area contributed by atoms with Crippen molar-refractivity contribution in [2.75, 3.05) is 20.3 Å². The first-order valence-corrected chi connectivity index (χ1v) is 6.80. The quantitative estimate of drug-likeness (QED) is 0.904. The first-order valence-electron chi connectivity index (χ1n) is 6.80. The zero-order chi connectivity index (χ0) is 13.6. The molecular weight excluding hydrogens is 242 g/mol. The Morgan fingerprint density at radius 1 is 1.11 bits per heavy atom. The van der Waals surface area contributed by atoms with Crippen LogP contribution in [0, 0.1) is 0 Å². The largest absolute Gasteiger partial charge is 0.493 e. The van der Waals surface area contributed by atoms with Crippen molar-refractivity contribution in [3.8, 4) is 17.2 Å². The molecule has 0 unspecified atom stereocenters. The van der Waals surface area contributed by atoms with Crippen LogP contribution in [0.25, 0.3) is 0 Å². The molecule has 1 aromatic rings. The van der Waals surface area contributed by atoms with Crippen LogP contribution in [-0.2, 0) is 19.3 Å². The van der Waals surface area contributed by atoms with E-state index in [1.54, 1.807) is 7.11 Å². The van der Waals surface area contributed by atoms with Crippen LogP contribution in [0.5, 0.6) is 17.2 Å². The molecule has 0 saturated heterocycles. The highest BCUT2D eigenvalue weighted by Crippen LogP contribution is 2.49. The highest BCUT2D eigenvalue weighted by Gasteiger charge is 2.33. The van der Waals surface area contributed by atoms with Crippen molar-refractivity contribution >= 4 is 0 Å². The Morgan fingerprint density at radius 2 is 1.74 bits per heavy atom. The van der Waals surface area contributed by atoms with E-state index in [2.05, 4.69) is 0 Å². The van der Waals surface area contributed by atoms with E-state index in [1.807, 2.05) is 13.8 Å². The van der Waals surface area contributed by atoms with Crippen molar-refractivity contribution in [1.29, 1.82) is 0 Å². The third-order valence-corrected chi connectivity index (χ3v) is 3.70. The summed E-state index contributed by atoms with van der Waals surface area (Å²) in [4.78, 5) is 0. The normalized spacial score (nSPS) is 16.6. The Labute approximate surface area is 113 Å². The van der Waals surface area contributed by atoms with Crippen molar-refractivity contribution < 1.29 is 14.2 Å². The van der Waals surface area contributed by atoms with Crippen molar-refractivity contribution in [2.24, 2.45) is 5.73 Å². The molecule has 0 amide bonds. The molecule has 2 N–H and O–H groups in total. The first-order chi connectivity index (χ1) is 9.01. The lowest BCUT2D eigenvalue weighted by Crippen LogP contribution is -2.34. The summed E-state index contributed by atoms with van der Waals surface area (Å²) in [5.41, 5.74) is 9.51. The van der Waals surface area contributed by atoms with Crippen molar-refractivity contribution in [3.05, 3.63) is 16.7 Å². The van der Waals surface area contributed by atoms with Gasteiger partial charge >= 0.3 is 0 Å². The molecule has 4 heteroatoms. The lowest BCUT2D eigenvalue weighted by Gasteiger charge is -2.23. The van der Waals surface area contributed by atoms with Crippen molar-refractivity contribution in [3.63, 3.8) is 0 Å². The minimum atomic E-state index is -0.259. The zero-order valence-electron chi connectivity index (χ0n) is 11.8. The molecule has 1 aromatic carbocycles. The molecule has 104 valence electrons. The Hall–Kier alpha value is -1.42. The van der Waals surface area contributed by atoms with Gasteiger partial charge in [-0.05, 0) is 20.3 Å². The molecule has 0 bridgehead atoms. The van der Waals surface area contributed by atoms with E-state index >= 15 is 0 Å². The number of methoxy groups -OCH3 is 1. The fraction of sp³-hybridized carbons (Fsp3) is 0.600. The summed E-state index contributed by atoms with van der Waals surface area (Å²) in [5.74, 6) is 2.75. The smallest absolute Gasteiger partial charge is 0.168 e. The SMILES string of the molecule is COc1c2c(c(CC(C)(C)N)c3c1OCC3)OCC2. The Bertz CT molecular complexity index is 482. The molecule has 0 atom stereocenters. The van der Waals surface area contributed by atoms with Gasteiger partial charge in [-0.3, -0.25) is 0 Å². The summed E-state index contributed by atoms with van der Waals surface area (Å²) in [6.07, 6.45) is 2.59.